The minimum absolute atomic E-state index is 0.0298. The average Bonchev–Trinajstić information content (AvgIpc) is 2.87. The molecule has 1 saturated heterocycles. The fraction of sp³-hybridized carbons (Fsp3) is 0.500. The Morgan fingerprint density at radius 3 is 2.94 bits per heavy atom. The molecule has 1 aromatic heterocycles. The third kappa shape index (κ3) is 2.56. The van der Waals surface area contributed by atoms with Crippen LogP contribution in [0.1, 0.15) is 12.5 Å². The van der Waals surface area contributed by atoms with Crippen molar-refractivity contribution < 1.29 is 13.2 Å². The van der Waals surface area contributed by atoms with Gasteiger partial charge in [-0.25, -0.2) is 0 Å². The third-order valence-electron chi connectivity index (χ3n) is 2.38. The quantitative estimate of drug-likeness (QED) is 0.519. The molecular weight excluding hydrogens is 246 g/mol. The largest absolute Gasteiger partial charge is 0.379 e. The summed E-state index contributed by atoms with van der Waals surface area (Å²) < 4.78 is 33.2. The Bertz CT molecular complexity index is 525. The lowest BCUT2D eigenvalue weighted by Crippen LogP contribution is -2.24. The summed E-state index contributed by atoms with van der Waals surface area (Å²) in [5, 5.41) is 3.98. The molecule has 1 atom stereocenters. The van der Waals surface area contributed by atoms with E-state index < -0.39 is 16.0 Å². The average molecular weight is 259 g/mol. The van der Waals surface area contributed by atoms with Crippen LogP contribution in [-0.4, -0.2) is 37.4 Å². The molecular formula is C8H13N5O3S. The first kappa shape index (κ1) is 11.9. The van der Waals surface area contributed by atoms with Crippen molar-refractivity contribution in [3.63, 3.8) is 0 Å². The Kier molecular flexibility index (Phi) is 3.03. The number of nitrogens with two attached hydrogens (primary N) is 2. The Hall–Kier alpha value is -1.61. The summed E-state index contributed by atoms with van der Waals surface area (Å²) >= 11 is 0. The molecule has 0 amide bonds. The fourth-order valence-corrected chi connectivity index (χ4v) is 2.38. The summed E-state index contributed by atoms with van der Waals surface area (Å²) in [5.41, 5.74) is 10.1. The highest BCUT2D eigenvalue weighted by molar-refractivity contribution is 7.90. The molecule has 8 nitrogen and oxygen atoms in total. The topological polar surface area (TPSA) is 126 Å². The molecule has 1 fully saturated rings. The molecule has 0 spiro atoms. The van der Waals surface area contributed by atoms with E-state index in [2.05, 4.69) is 9.50 Å². The molecule has 2 rings (SSSR count). The molecule has 0 radical (unpaired) electrons. The normalized spacial score (nSPS) is 20.4. The van der Waals surface area contributed by atoms with Gasteiger partial charge < -0.3 is 16.2 Å². The summed E-state index contributed by atoms with van der Waals surface area (Å²) in [4.78, 5) is -0.0298. The van der Waals surface area contributed by atoms with E-state index in [1.807, 2.05) is 0 Å². The smallest absolute Gasteiger partial charge is 0.288 e. The molecule has 1 aromatic rings. The summed E-state index contributed by atoms with van der Waals surface area (Å²) in [6.45, 7) is 1.18. The van der Waals surface area contributed by atoms with Crippen LogP contribution in [0.4, 0.5) is 0 Å². The molecule has 9 heteroatoms. The van der Waals surface area contributed by atoms with Crippen LogP contribution in [0.5, 0.6) is 0 Å². The van der Waals surface area contributed by atoms with Gasteiger partial charge in [-0.3, -0.25) is 4.68 Å². The third-order valence-corrected chi connectivity index (χ3v) is 3.64. The second-order valence-electron chi connectivity index (χ2n) is 3.66. The van der Waals surface area contributed by atoms with E-state index in [9.17, 15) is 8.42 Å². The standard InChI is InChI=1S/C8H13N5O3S/c9-8(10)12-17(14,15)7-3-11-13(4-7)6-1-2-16-5-6/h3-4,6H,1-2,5H2,(H4,9,10,12). The molecule has 1 aliphatic rings. The summed E-state index contributed by atoms with van der Waals surface area (Å²) in [5.74, 6) is -0.498. The second-order valence-corrected chi connectivity index (χ2v) is 5.27. The van der Waals surface area contributed by atoms with Crippen molar-refractivity contribution in [3.05, 3.63) is 12.4 Å². The lowest BCUT2D eigenvalue weighted by molar-refractivity contribution is 0.184. The predicted octanol–water partition coefficient (Wildman–Crippen LogP) is -1.19. The van der Waals surface area contributed by atoms with Gasteiger partial charge in [0, 0.05) is 12.8 Å². The van der Waals surface area contributed by atoms with Crippen molar-refractivity contribution in [2.24, 2.45) is 15.9 Å². The first-order valence-corrected chi connectivity index (χ1v) is 6.41. The molecule has 0 saturated carbocycles. The van der Waals surface area contributed by atoms with Gasteiger partial charge in [0.15, 0.2) is 0 Å². The SMILES string of the molecule is NC(N)=NS(=O)(=O)c1cnn(C2CCOC2)c1. The molecule has 0 aliphatic carbocycles. The Morgan fingerprint density at radius 1 is 1.59 bits per heavy atom. The zero-order chi connectivity index (χ0) is 12.5. The van der Waals surface area contributed by atoms with Gasteiger partial charge in [-0.05, 0) is 6.42 Å². The first-order chi connectivity index (χ1) is 7.99. The molecule has 1 aliphatic heterocycles. The van der Waals surface area contributed by atoms with Gasteiger partial charge in [-0.2, -0.15) is 13.5 Å². The first-order valence-electron chi connectivity index (χ1n) is 4.97. The molecule has 1 unspecified atom stereocenters. The summed E-state index contributed by atoms with van der Waals surface area (Å²) in [7, 11) is -3.85. The van der Waals surface area contributed by atoms with Gasteiger partial charge >= 0.3 is 0 Å². The monoisotopic (exact) mass is 259 g/mol. The van der Waals surface area contributed by atoms with Crippen molar-refractivity contribution in [1.29, 1.82) is 0 Å². The molecule has 94 valence electrons. The van der Waals surface area contributed by atoms with E-state index in [-0.39, 0.29) is 10.9 Å². The molecule has 0 aromatic carbocycles. The minimum atomic E-state index is -3.85. The Morgan fingerprint density at radius 2 is 2.35 bits per heavy atom. The fourth-order valence-electron chi connectivity index (χ4n) is 1.58. The summed E-state index contributed by atoms with van der Waals surface area (Å²) in [6.07, 6.45) is 3.44. The van der Waals surface area contributed by atoms with Gasteiger partial charge in [0.2, 0.25) is 5.96 Å². The van der Waals surface area contributed by atoms with E-state index in [0.717, 1.165) is 6.42 Å². The van der Waals surface area contributed by atoms with E-state index in [4.69, 9.17) is 16.2 Å². The number of rotatable bonds is 3. The van der Waals surface area contributed by atoms with Gasteiger partial charge in [-0.15, -0.1) is 4.40 Å². The van der Waals surface area contributed by atoms with Crippen molar-refractivity contribution in [2.45, 2.75) is 17.4 Å². The number of hydrogen-bond donors (Lipinski definition) is 2. The van der Waals surface area contributed by atoms with Gasteiger partial charge in [0.1, 0.15) is 4.90 Å². The van der Waals surface area contributed by atoms with E-state index in [0.29, 0.717) is 13.2 Å². The number of guanidine groups is 1. The molecule has 0 bridgehead atoms. The zero-order valence-electron chi connectivity index (χ0n) is 8.98. The predicted molar refractivity (Wildman–Crippen MR) is 59.7 cm³/mol. The van der Waals surface area contributed by atoms with Crippen LogP contribution in [0, 0.1) is 0 Å². The van der Waals surface area contributed by atoms with Crippen LogP contribution < -0.4 is 11.5 Å². The van der Waals surface area contributed by atoms with E-state index in [1.165, 1.54) is 12.4 Å². The van der Waals surface area contributed by atoms with Crippen LogP contribution >= 0.6 is 0 Å². The van der Waals surface area contributed by atoms with Gasteiger partial charge in [0.05, 0.1) is 18.8 Å². The Labute approximate surface area is 98.3 Å². The van der Waals surface area contributed by atoms with Crippen molar-refractivity contribution in [2.75, 3.05) is 13.2 Å². The summed E-state index contributed by atoms with van der Waals surface area (Å²) in [6, 6.07) is 0.0677. The Balaban J connectivity index is 2.26. The number of nitrogens with zero attached hydrogens (tertiary/aromatic N) is 3. The van der Waals surface area contributed by atoms with Gasteiger partial charge in [-0.1, -0.05) is 0 Å². The highest BCUT2D eigenvalue weighted by Crippen LogP contribution is 2.20. The maximum Gasteiger partial charge on any atom is 0.288 e. The number of hydrogen-bond acceptors (Lipinski definition) is 4. The lowest BCUT2D eigenvalue weighted by Gasteiger charge is -2.06. The second kappa shape index (κ2) is 4.34. The maximum absolute atomic E-state index is 11.6. The van der Waals surface area contributed by atoms with Crippen molar-refractivity contribution in [1.82, 2.24) is 9.78 Å². The minimum Gasteiger partial charge on any atom is -0.379 e. The highest BCUT2D eigenvalue weighted by atomic mass is 32.2. The molecule has 2 heterocycles. The van der Waals surface area contributed by atoms with Gasteiger partial charge in [0.25, 0.3) is 10.0 Å². The van der Waals surface area contributed by atoms with Crippen molar-refractivity contribution in [3.8, 4) is 0 Å². The van der Waals surface area contributed by atoms with E-state index >= 15 is 0 Å². The van der Waals surface area contributed by atoms with Crippen LogP contribution in [0.2, 0.25) is 0 Å². The molecule has 4 N–H and O–H groups in total. The number of aromatic nitrogens is 2. The van der Waals surface area contributed by atoms with E-state index in [1.54, 1.807) is 4.68 Å². The number of ether oxygens (including phenoxy) is 1. The lowest BCUT2D eigenvalue weighted by atomic mass is 10.3. The van der Waals surface area contributed by atoms with Crippen LogP contribution in [-0.2, 0) is 14.8 Å². The zero-order valence-corrected chi connectivity index (χ0v) is 9.80. The maximum atomic E-state index is 11.6. The molecule has 17 heavy (non-hydrogen) atoms. The van der Waals surface area contributed by atoms with Crippen molar-refractivity contribution >= 4 is 16.0 Å². The van der Waals surface area contributed by atoms with Crippen LogP contribution in [0.15, 0.2) is 21.7 Å². The van der Waals surface area contributed by atoms with Crippen LogP contribution in [0.25, 0.3) is 0 Å². The highest BCUT2D eigenvalue weighted by Gasteiger charge is 2.22. The number of sulfonamides is 1. The van der Waals surface area contributed by atoms with Crippen LogP contribution in [0.3, 0.4) is 0 Å².